The van der Waals surface area contributed by atoms with Crippen LogP contribution in [-0.2, 0) is 5.41 Å². The molecule has 0 aliphatic rings. The number of hydrogen-bond donors (Lipinski definition) is 1. The predicted octanol–water partition coefficient (Wildman–Crippen LogP) is 8.19. The minimum Gasteiger partial charge on any atom is -0.322 e. The van der Waals surface area contributed by atoms with Crippen LogP contribution >= 0.6 is 0 Å². The van der Waals surface area contributed by atoms with Crippen LogP contribution in [0.2, 0.25) is 0 Å². The van der Waals surface area contributed by atoms with E-state index in [1.54, 1.807) is 6.20 Å². The fraction of sp³-hybridized carbons (Fsp3) is 0.265. The van der Waals surface area contributed by atoms with E-state index in [1.165, 1.54) is 5.56 Å². The van der Waals surface area contributed by atoms with Crippen LogP contribution in [0.3, 0.4) is 0 Å². The van der Waals surface area contributed by atoms with E-state index in [-0.39, 0.29) is 17.4 Å². The van der Waals surface area contributed by atoms with Crippen molar-refractivity contribution < 1.29 is 4.79 Å². The van der Waals surface area contributed by atoms with Gasteiger partial charge in [0.05, 0.1) is 5.69 Å². The molecular weight excluding hydrogens is 494 g/mol. The van der Waals surface area contributed by atoms with Gasteiger partial charge < -0.3 is 14.6 Å². The van der Waals surface area contributed by atoms with Gasteiger partial charge in [0.1, 0.15) is 0 Å². The lowest BCUT2D eigenvalue weighted by atomic mass is 9.86. The third-order valence-electron chi connectivity index (χ3n) is 7.52. The van der Waals surface area contributed by atoms with Crippen LogP contribution in [0, 0.1) is 6.92 Å². The third kappa shape index (κ3) is 5.34. The fourth-order valence-corrected chi connectivity index (χ4v) is 4.93. The maximum atomic E-state index is 13.2. The van der Waals surface area contributed by atoms with Crippen LogP contribution in [-0.4, -0.2) is 26.3 Å². The van der Waals surface area contributed by atoms with Crippen LogP contribution in [0.4, 0.5) is 17.2 Å². The van der Waals surface area contributed by atoms with Crippen molar-refractivity contribution in [3.63, 3.8) is 0 Å². The molecule has 0 saturated carbocycles. The second kappa shape index (κ2) is 11.0. The van der Waals surface area contributed by atoms with E-state index in [4.69, 9.17) is 4.98 Å². The number of nitrogens with zero attached hydrogens (tertiary/aromatic N) is 4. The van der Waals surface area contributed by atoms with Crippen LogP contribution in [0.15, 0.2) is 91.4 Å². The molecule has 1 N–H and O–H groups in total. The van der Waals surface area contributed by atoms with E-state index in [0.717, 1.165) is 46.1 Å². The highest BCUT2D eigenvalue weighted by Gasteiger charge is 2.22. The molecule has 5 aromatic rings. The zero-order valence-corrected chi connectivity index (χ0v) is 24.1. The number of fused-ring (bicyclic) bond motifs is 1. The van der Waals surface area contributed by atoms with Gasteiger partial charge in [0.25, 0.3) is 5.91 Å². The van der Waals surface area contributed by atoms with Gasteiger partial charge in [-0.05, 0) is 67.1 Å². The monoisotopic (exact) mass is 531 g/mol. The molecule has 2 heterocycles. The third-order valence-corrected chi connectivity index (χ3v) is 7.52. The molecule has 1 unspecified atom stereocenters. The predicted molar refractivity (Wildman–Crippen MR) is 165 cm³/mol. The summed E-state index contributed by atoms with van der Waals surface area (Å²) in [6, 6.07) is 24.3. The van der Waals surface area contributed by atoms with E-state index in [1.807, 2.05) is 84.4 Å². The van der Waals surface area contributed by atoms with Gasteiger partial charge in [-0.15, -0.1) is 0 Å². The second-order valence-corrected chi connectivity index (χ2v) is 11.3. The molecule has 40 heavy (non-hydrogen) atoms. The zero-order chi connectivity index (χ0) is 28.4. The van der Waals surface area contributed by atoms with Crippen molar-refractivity contribution in [2.45, 2.75) is 59.4 Å². The molecule has 0 aliphatic carbocycles. The Morgan fingerprint density at radius 2 is 1.73 bits per heavy atom. The second-order valence-electron chi connectivity index (χ2n) is 11.3. The summed E-state index contributed by atoms with van der Waals surface area (Å²) in [4.78, 5) is 25.3. The van der Waals surface area contributed by atoms with Gasteiger partial charge in [-0.3, -0.25) is 4.79 Å². The first-order valence-corrected chi connectivity index (χ1v) is 13.9. The highest BCUT2D eigenvalue weighted by Crippen LogP contribution is 2.34. The number of amides is 1. The number of aromatic nitrogens is 3. The van der Waals surface area contributed by atoms with Crippen LogP contribution in [0.25, 0.3) is 16.9 Å². The van der Waals surface area contributed by atoms with E-state index < -0.39 is 0 Å². The first kappa shape index (κ1) is 27.1. The summed E-state index contributed by atoms with van der Waals surface area (Å²) in [5.41, 5.74) is 7.21. The first-order chi connectivity index (χ1) is 19.2. The van der Waals surface area contributed by atoms with E-state index >= 15 is 0 Å². The molecule has 0 spiro atoms. The number of benzene rings is 3. The molecule has 0 radical (unpaired) electrons. The van der Waals surface area contributed by atoms with Gasteiger partial charge in [-0.1, -0.05) is 70.2 Å². The Kier molecular flexibility index (Phi) is 7.44. The molecule has 1 atom stereocenters. The van der Waals surface area contributed by atoms with E-state index in [2.05, 4.69) is 62.0 Å². The van der Waals surface area contributed by atoms with Crippen molar-refractivity contribution in [1.82, 2.24) is 14.4 Å². The molecular formula is C34H37N5O. The number of carbonyl (C=O) groups excluding carboxylic acids is 1. The van der Waals surface area contributed by atoms with Crippen LogP contribution < -0.4 is 10.2 Å². The number of carbonyl (C=O) groups is 1. The Morgan fingerprint density at radius 1 is 1.00 bits per heavy atom. The number of para-hydroxylation sites is 1. The minimum atomic E-state index is -0.133. The molecule has 6 nitrogen and oxygen atoms in total. The standard InChI is InChI=1S/C34H37N5O/c1-7-23(2)39(27-12-9-8-10-13-27)32-31-35-20-21-38(31)22-30(36-32)28-14-11-15-29(24(28)3)37-33(40)25-16-18-26(19-17-25)34(4,5)6/h8-23H,7H2,1-6H3,(H,37,40). The van der Waals surface area contributed by atoms with Crippen LogP contribution in [0.1, 0.15) is 62.5 Å². The van der Waals surface area contributed by atoms with E-state index in [0.29, 0.717) is 5.56 Å². The first-order valence-electron chi connectivity index (χ1n) is 13.9. The van der Waals surface area contributed by atoms with E-state index in [9.17, 15) is 4.79 Å². The summed E-state index contributed by atoms with van der Waals surface area (Å²) in [6.45, 7) is 12.9. The Labute approximate surface area is 236 Å². The van der Waals surface area contributed by atoms with Crippen molar-refractivity contribution in [2.24, 2.45) is 0 Å². The SMILES string of the molecule is CCC(C)N(c1ccccc1)c1nc(-c2cccc(NC(=O)c3ccc(C(C)(C)C)cc3)c2C)cn2ccnc12. The summed E-state index contributed by atoms with van der Waals surface area (Å²) in [6.07, 6.45) is 6.71. The molecule has 6 heteroatoms. The van der Waals surface area contributed by atoms with Gasteiger partial charge in [0.15, 0.2) is 11.5 Å². The number of imidazole rings is 1. The number of nitrogens with one attached hydrogen (secondary N) is 1. The highest BCUT2D eigenvalue weighted by atomic mass is 16.1. The fourth-order valence-electron chi connectivity index (χ4n) is 4.93. The van der Waals surface area contributed by atoms with Gasteiger partial charge in [-0.25, -0.2) is 9.97 Å². The molecule has 5 rings (SSSR count). The average Bonchev–Trinajstić information content (AvgIpc) is 3.43. The maximum Gasteiger partial charge on any atom is 0.255 e. The average molecular weight is 532 g/mol. The molecule has 204 valence electrons. The number of rotatable bonds is 7. The molecule has 3 aromatic carbocycles. The van der Waals surface area contributed by atoms with Crippen molar-refractivity contribution in [1.29, 1.82) is 0 Å². The molecule has 0 fully saturated rings. The number of hydrogen-bond acceptors (Lipinski definition) is 4. The van der Waals surface area contributed by atoms with Crippen molar-refractivity contribution >= 4 is 28.7 Å². The molecule has 0 saturated heterocycles. The molecule has 0 aliphatic heterocycles. The van der Waals surface area contributed by atoms with Crippen LogP contribution in [0.5, 0.6) is 0 Å². The smallest absolute Gasteiger partial charge is 0.255 e. The Balaban J connectivity index is 1.53. The Bertz CT molecular complexity index is 1630. The summed E-state index contributed by atoms with van der Waals surface area (Å²) in [7, 11) is 0. The van der Waals surface area contributed by atoms with Gasteiger partial charge in [0.2, 0.25) is 0 Å². The molecule has 2 aromatic heterocycles. The quantitative estimate of drug-likeness (QED) is 0.230. The maximum absolute atomic E-state index is 13.2. The number of anilines is 3. The van der Waals surface area contributed by atoms with Gasteiger partial charge in [0, 0.05) is 47.1 Å². The zero-order valence-electron chi connectivity index (χ0n) is 24.1. The summed E-state index contributed by atoms with van der Waals surface area (Å²) >= 11 is 0. The lowest BCUT2D eigenvalue weighted by Crippen LogP contribution is -2.29. The largest absolute Gasteiger partial charge is 0.322 e. The summed E-state index contributed by atoms with van der Waals surface area (Å²) in [5, 5.41) is 3.12. The normalized spacial score (nSPS) is 12.3. The Hall–Kier alpha value is -4.45. The molecule has 0 bridgehead atoms. The van der Waals surface area contributed by atoms with Crippen molar-refractivity contribution in [3.8, 4) is 11.3 Å². The molecule has 1 amide bonds. The topological polar surface area (TPSA) is 62.5 Å². The van der Waals surface area contributed by atoms with Crippen molar-refractivity contribution in [3.05, 3.63) is 108 Å². The lowest BCUT2D eigenvalue weighted by molar-refractivity contribution is 0.102. The van der Waals surface area contributed by atoms with Crippen molar-refractivity contribution in [2.75, 3.05) is 10.2 Å². The Morgan fingerprint density at radius 3 is 2.40 bits per heavy atom. The summed E-state index contributed by atoms with van der Waals surface area (Å²) in [5.74, 6) is 0.669. The summed E-state index contributed by atoms with van der Waals surface area (Å²) < 4.78 is 2.03. The van der Waals surface area contributed by atoms with Gasteiger partial charge in [-0.2, -0.15) is 0 Å². The van der Waals surface area contributed by atoms with Gasteiger partial charge >= 0.3 is 0 Å². The minimum absolute atomic E-state index is 0.0349. The lowest BCUT2D eigenvalue weighted by Gasteiger charge is -2.30. The highest BCUT2D eigenvalue weighted by molar-refractivity contribution is 6.05.